The number of furan rings is 1. The summed E-state index contributed by atoms with van der Waals surface area (Å²) in [6.07, 6.45) is 3.32. The highest BCUT2D eigenvalue weighted by molar-refractivity contribution is 9.10. The number of non-ortho nitro benzene ring substituents is 1. The zero-order valence-corrected chi connectivity index (χ0v) is 15.2. The van der Waals surface area contributed by atoms with Crippen molar-refractivity contribution in [1.29, 1.82) is 0 Å². The molecule has 1 aromatic carbocycles. The molecule has 7 heteroatoms. The molecule has 1 aromatic heterocycles. The fourth-order valence-corrected chi connectivity index (χ4v) is 2.88. The molecule has 0 atom stereocenters. The number of nitro groups is 1. The average Bonchev–Trinajstić information content (AvgIpc) is 3.02. The van der Waals surface area contributed by atoms with Crippen LogP contribution in [0.25, 0.3) is 11.3 Å². The maximum absolute atomic E-state index is 10.8. The number of nitro benzene ring substituents is 1. The number of rotatable bonds is 10. The van der Waals surface area contributed by atoms with Crippen LogP contribution in [0.2, 0.25) is 0 Å². The fourth-order valence-electron chi connectivity index (χ4n) is 2.32. The van der Waals surface area contributed by atoms with E-state index in [1.807, 2.05) is 12.1 Å². The molecule has 6 nitrogen and oxygen atoms in total. The summed E-state index contributed by atoms with van der Waals surface area (Å²) < 4.78 is 11.5. The molecule has 130 valence electrons. The van der Waals surface area contributed by atoms with E-state index in [9.17, 15) is 10.1 Å². The Morgan fingerprint density at radius 2 is 2.08 bits per heavy atom. The Morgan fingerprint density at radius 3 is 2.79 bits per heavy atom. The topological polar surface area (TPSA) is 77.5 Å². The molecule has 1 heterocycles. The van der Waals surface area contributed by atoms with Crippen LogP contribution >= 0.6 is 15.9 Å². The van der Waals surface area contributed by atoms with Crippen molar-refractivity contribution in [2.75, 3.05) is 20.3 Å². The lowest BCUT2D eigenvalue weighted by molar-refractivity contribution is -0.384. The van der Waals surface area contributed by atoms with Crippen molar-refractivity contribution in [3.63, 3.8) is 0 Å². The van der Waals surface area contributed by atoms with Crippen LogP contribution in [0, 0.1) is 10.1 Å². The number of hydrogen-bond acceptors (Lipinski definition) is 5. The van der Waals surface area contributed by atoms with Crippen LogP contribution in [0.4, 0.5) is 5.69 Å². The van der Waals surface area contributed by atoms with Gasteiger partial charge in [-0.1, -0.05) is 0 Å². The van der Waals surface area contributed by atoms with E-state index in [2.05, 4.69) is 21.2 Å². The molecule has 0 saturated heterocycles. The van der Waals surface area contributed by atoms with Gasteiger partial charge < -0.3 is 14.5 Å². The van der Waals surface area contributed by atoms with E-state index in [1.54, 1.807) is 13.2 Å². The Hall–Kier alpha value is -1.70. The first-order chi connectivity index (χ1) is 11.6. The highest BCUT2D eigenvalue weighted by Crippen LogP contribution is 2.32. The molecular weight excluding hydrogens is 376 g/mol. The van der Waals surface area contributed by atoms with Crippen LogP contribution in [0.15, 0.2) is 39.2 Å². The first kappa shape index (κ1) is 18.6. The first-order valence-electron chi connectivity index (χ1n) is 7.84. The summed E-state index contributed by atoms with van der Waals surface area (Å²) in [6.45, 7) is 2.40. The summed E-state index contributed by atoms with van der Waals surface area (Å²) in [5, 5.41) is 14.1. The largest absolute Gasteiger partial charge is 0.460 e. The predicted molar refractivity (Wildman–Crippen MR) is 95.9 cm³/mol. The SMILES string of the molecule is COCCCCCNCc1ccc(-c2ccc([N+](=O)[O-])cc2Br)o1. The maximum Gasteiger partial charge on any atom is 0.270 e. The van der Waals surface area contributed by atoms with Gasteiger partial charge in [0.2, 0.25) is 0 Å². The molecule has 0 radical (unpaired) electrons. The van der Waals surface area contributed by atoms with E-state index in [4.69, 9.17) is 9.15 Å². The summed E-state index contributed by atoms with van der Waals surface area (Å²) in [7, 11) is 1.72. The molecule has 0 fully saturated rings. The zero-order chi connectivity index (χ0) is 17.4. The fraction of sp³-hybridized carbons (Fsp3) is 0.412. The molecular formula is C17H21BrN2O4. The third-order valence-corrected chi connectivity index (χ3v) is 4.25. The zero-order valence-electron chi connectivity index (χ0n) is 13.6. The van der Waals surface area contributed by atoms with Crippen molar-refractivity contribution in [1.82, 2.24) is 5.32 Å². The lowest BCUT2D eigenvalue weighted by Crippen LogP contribution is -2.14. The maximum atomic E-state index is 10.8. The molecule has 1 N–H and O–H groups in total. The molecule has 24 heavy (non-hydrogen) atoms. The summed E-state index contributed by atoms with van der Waals surface area (Å²) in [6, 6.07) is 8.44. The van der Waals surface area contributed by atoms with Gasteiger partial charge in [0.15, 0.2) is 0 Å². The van der Waals surface area contributed by atoms with Gasteiger partial charge in [-0.2, -0.15) is 0 Å². The smallest absolute Gasteiger partial charge is 0.270 e. The van der Waals surface area contributed by atoms with Crippen molar-refractivity contribution in [2.45, 2.75) is 25.8 Å². The number of hydrogen-bond donors (Lipinski definition) is 1. The third kappa shape index (κ3) is 5.43. The summed E-state index contributed by atoms with van der Waals surface area (Å²) in [4.78, 5) is 10.4. The number of unbranched alkanes of at least 4 members (excludes halogenated alkanes) is 2. The number of nitrogens with zero attached hydrogens (tertiary/aromatic N) is 1. The van der Waals surface area contributed by atoms with E-state index in [0.29, 0.717) is 16.8 Å². The van der Waals surface area contributed by atoms with Gasteiger partial charge >= 0.3 is 0 Å². The van der Waals surface area contributed by atoms with Gasteiger partial charge in [-0.05, 0) is 59.9 Å². The number of benzene rings is 1. The lowest BCUT2D eigenvalue weighted by Gasteiger charge is -2.03. The van der Waals surface area contributed by atoms with Gasteiger partial charge in [0, 0.05) is 35.9 Å². The average molecular weight is 397 g/mol. The van der Waals surface area contributed by atoms with Crippen molar-refractivity contribution < 1.29 is 14.1 Å². The second kappa shape index (κ2) is 9.56. The minimum absolute atomic E-state index is 0.0487. The van der Waals surface area contributed by atoms with E-state index in [1.165, 1.54) is 12.1 Å². The van der Waals surface area contributed by atoms with Crippen molar-refractivity contribution >= 4 is 21.6 Å². The van der Waals surface area contributed by atoms with Crippen molar-refractivity contribution in [2.24, 2.45) is 0 Å². The van der Waals surface area contributed by atoms with Crippen LogP contribution < -0.4 is 5.32 Å². The van der Waals surface area contributed by atoms with Gasteiger partial charge in [-0.3, -0.25) is 10.1 Å². The van der Waals surface area contributed by atoms with Crippen molar-refractivity contribution in [3.8, 4) is 11.3 Å². The van der Waals surface area contributed by atoms with E-state index in [0.717, 1.165) is 43.7 Å². The van der Waals surface area contributed by atoms with Gasteiger partial charge in [0.1, 0.15) is 11.5 Å². The minimum Gasteiger partial charge on any atom is -0.460 e. The summed E-state index contributed by atoms with van der Waals surface area (Å²) in [5.41, 5.74) is 0.846. The molecule has 2 rings (SSSR count). The Morgan fingerprint density at radius 1 is 1.25 bits per heavy atom. The highest BCUT2D eigenvalue weighted by atomic mass is 79.9. The summed E-state index contributed by atoms with van der Waals surface area (Å²) in [5.74, 6) is 1.53. The van der Waals surface area contributed by atoms with Crippen LogP contribution in [0.3, 0.4) is 0 Å². The molecule has 0 unspecified atom stereocenters. The Kier molecular flexibility index (Phi) is 7.42. The number of ether oxygens (including phenoxy) is 1. The summed E-state index contributed by atoms with van der Waals surface area (Å²) >= 11 is 3.36. The molecule has 0 spiro atoms. The van der Waals surface area contributed by atoms with Gasteiger partial charge in [-0.25, -0.2) is 0 Å². The molecule has 0 aliphatic rings. The van der Waals surface area contributed by atoms with Crippen molar-refractivity contribution in [3.05, 3.63) is 50.7 Å². The lowest BCUT2D eigenvalue weighted by atomic mass is 10.1. The van der Waals surface area contributed by atoms with Crippen LogP contribution in [-0.2, 0) is 11.3 Å². The Labute approximate surface area is 149 Å². The first-order valence-corrected chi connectivity index (χ1v) is 8.64. The highest BCUT2D eigenvalue weighted by Gasteiger charge is 2.13. The van der Waals surface area contributed by atoms with Crippen LogP contribution in [0.5, 0.6) is 0 Å². The molecule has 0 aliphatic heterocycles. The molecule has 0 aliphatic carbocycles. The van der Waals surface area contributed by atoms with Gasteiger partial charge in [-0.15, -0.1) is 0 Å². The Balaban J connectivity index is 1.86. The second-order valence-corrected chi connectivity index (χ2v) is 6.27. The van der Waals surface area contributed by atoms with Gasteiger partial charge in [0.25, 0.3) is 5.69 Å². The monoisotopic (exact) mass is 396 g/mol. The third-order valence-electron chi connectivity index (χ3n) is 3.59. The number of nitrogens with one attached hydrogen (secondary N) is 1. The normalized spacial score (nSPS) is 10.9. The second-order valence-electron chi connectivity index (χ2n) is 5.42. The van der Waals surface area contributed by atoms with E-state index >= 15 is 0 Å². The number of halogens is 1. The standard InChI is InChI=1S/C17H21BrN2O4/c1-23-10-4-2-3-9-19-12-14-6-8-17(24-14)15-7-5-13(20(21)22)11-16(15)18/h5-8,11,19H,2-4,9-10,12H2,1H3. The van der Waals surface area contributed by atoms with E-state index < -0.39 is 4.92 Å². The number of methoxy groups -OCH3 is 1. The van der Waals surface area contributed by atoms with Crippen LogP contribution in [0.1, 0.15) is 25.0 Å². The quantitative estimate of drug-likeness (QED) is 0.362. The minimum atomic E-state index is -0.418. The van der Waals surface area contributed by atoms with Gasteiger partial charge in [0.05, 0.1) is 11.5 Å². The molecule has 0 amide bonds. The van der Waals surface area contributed by atoms with Crippen LogP contribution in [-0.4, -0.2) is 25.2 Å². The predicted octanol–water partition coefficient (Wildman–Crippen LogP) is 4.52. The Bertz CT molecular complexity index is 672. The molecule has 0 saturated carbocycles. The molecule has 2 aromatic rings. The molecule has 0 bridgehead atoms. The van der Waals surface area contributed by atoms with E-state index in [-0.39, 0.29) is 5.69 Å².